The van der Waals surface area contributed by atoms with Crippen molar-refractivity contribution in [3.05, 3.63) is 53.6 Å². The molecule has 6 rings (SSSR count). The van der Waals surface area contributed by atoms with E-state index in [2.05, 4.69) is 34.1 Å². The summed E-state index contributed by atoms with van der Waals surface area (Å²) in [4.78, 5) is 27.4. The largest absolute Gasteiger partial charge is 0.496 e. The Morgan fingerprint density at radius 1 is 1.12 bits per heavy atom. The monoisotopic (exact) mass is 575 g/mol. The fourth-order valence-electron chi connectivity index (χ4n) is 5.99. The number of piperidine rings is 1. The summed E-state index contributed by atoms with van der Waals surface area (Å²) in [5.74, 6) is 1.58. The highest BCUT2D eigenvalue weighted by molar-refractivity contribution is 6.02. The van der Waals surface area contributed by atoms with Crippen LogP contribution in [0.2, 0.25) is 0 Å². The number of halogens is 1. The van der Waals surface area contributed by atoms with Crippen LogP contribution in [-0.4, -0.2) is 59.5 Å². The van der Waals surface area contributed by atoms with E-state index in [1.165, 1.54) is 23.3 Å². The van der Waals surface area contributed by atoms with Gasteiger partial charge in [0.05, 0.1) is 30.8 Å². The molecule has 9 heteroatoms. The number of para-hydroxylation sites is 1. The maximum absolute atomic E-state index is 14.8. The lowest BCUT2D eigenvalue weighted by Crippen LogP contribution is -2.54. The van der Waals surface area contributed by atoms with Gasteiger partial charge in [0.2, 0.25) is 0 Å². The zero-order valence-electron chi connectivity index (χ0n) is 24.8. The predicted molar refractivity (Wildman–Crippen MR) is 160 cm³/mol. The van der Waals surface area contributed by atoms with Crippen molar-refractivity contribution in [1.29, 1.82) is 0 Å². The van der Waals surface area contributed by atoms with Gasteiger partial charge in [-0.25, -0.2) is 9.18 Å². The molecule has 0 bridgehead atoms. The standard InChI is InChI=1S/C33H38FN3O5/c1-19-29-27(40-5)13-22(31(38)36-17-23(34)15-24(18-36)35-32(39)42-33(2,3)4)14-28(29)41-30(19)26-12-21-8-6-7-9-25(21)37(26)16-20-10-11-20/h6-9,12-14,20,23-24H,10-11,15-18H2,1-5H3,(H,35,39)/t23-,24-/m1/s1. The van der Waals surface area contributed by atoms with Crippen LogP contribution in [0.5, 0.6) is 5.75 Å². The van der Waals surface area contributed by atoms with Gasteiger partial charge in [0.15, 0.2) is 5.76 Å². The van der Waals surface area contributed by atoms with E-state index in [1.54, 1.807) is 40.0 Å². The maximum atomic E-state index is 14.8. The molecular weight excluding hydrogens is 537 g/mol. The van der Waals surface area contributed by atoms with Gasteiger partial charge in [-0.15, -0.1) is 0 Å². The number of aryl methyl sites for hydroxylation is 1. The predicted octanol–water partition coefficient (Wildman–Crippen LogP) is 6.86. The summed E-state index contributed by atoms with van der Waals surface area (Å²) in [6.07, 6.45) is 0.665. The molecule has 2 fully saturated rings. The summed E-state index contributed by atoms with van der Waals surface area (Å²) in [6.45, 7) is 8.34. The molecule has 2 aromatic heterocycles. The molecule has 3 heterocycles. The van der Waals surface area contributed by atoms with E-state index in [0.29, 0.717) is 22.8 Å². The number of alkyl carbamates (subject to hydrolysis) is 1. The van der Waals surface area contributed by atoms with Crippen molar-refractivity contribution in [1.82, 2.24) is 14.8 Å². The van der Waals surface area contributed by atoms with Crippen LogP contribution in [0.1, 0.15) is 56.0 Å². The summed E-state index contributed by atoms with van der Waals surface area (Å²) < 4.78 is 34.7. The van der Waals surface area contributed by atoms with Gasteiger partial charge in [-0.3, -0.25) is 4.79 Å². The van der Waals surface area contributed by atoms with E-state index in [1.807, 2.05) is 13.0 Å². The van der Waals surface area contributed by atoms with Gasteiger partial charge in [-0.1, -0.05) is 18.2 Å². The average molecular weight is 576 g/mol. The molecule has 1 aliphatic carbocycles. The number of amides is 2. The van der Waals surface area contributed by atoms with E-state index in [-0.39, 0.29) is 25.4 Å². The number of hydrogen-bond donors (Lipinski definition) is 1. The zero-order valence-corrected chi connectivity index (χ0v) is 24.8. The molecule has 0 radical (unpaired) electrons. The van der Waals surface area contributed by atoms with Crippen molar-refractivity contribution in [3.63, 3.8) is 0 Å². The molecule has 0 spiro atoms. The van der Waals surface area contributed by atoms with Crippen LogP contribution < -0.4 is 10.1 Å². The maximum Gasteiger partial charge on any atom is 0.407 e. The second-order valence-electron chi connectivity index (χ2n) is 12.6. The lowest BCUT2D eigenvalue weighted by atomic mass is 10.0. The number of methoxy groups -OCH3 is 1. The molecule has 1 N–H and O–H groups in total. The number of rotatable bonds is 6. The third-order valence-electron chi connectivity index (χ3n) is 8.05. The topological polar surface area (TPSA) is 85.9 Å². The van der Waals surface area contributed by atoms with Gasteiger partial charge in [0.1, 0.15) is 23.1 Å². The van der Waals surface area contributed by atoms with Crippen LogP contribution in [0.25, 0.3) is 33.3 Å². The minimum atomic E-state index is -1.28. The third-order valence-corrected chi connectivity index (χ3v) is 8.05. The van der Waals surface area contributed by atoms with Crippen LogP contribution >= 0.6 is 0 Å². The van der Waals surface area contributed by atoms with Crippen molar-refractivity contribution in [3.8, 4) is 17.2 Å². The van der Waals surface area contributed by atoms with E-state index < -0.39 is 23.9 Å². The van der Waals surface area contributed by atoms with Gasteiger partial charge in [0, 0.05) is 41.5 Å². The quantitative estimate of drug-likeness (QED) is 0.272. The Kier molecular flexibility index (Phi) is 7.15. The Bertz CT molecular complexity index is 1660. The summed E-state index contributed by atoms with van der Waals surface area (Å²) >= 11 is 0. The Hall–Kier alpha value is -4.01. The molecule has 1 saturated carbocycles. The molecule has 2 atom stereocenters. The van der Waals surface area contributed by atoms with Crippen LogP contribution in [0.4, 0.5) is 9.18 Å². The molecule has 8 nitrogen and oxygen atoms in total. The van der Waals surface area contributed by atoms with Crippen molar-refractivity contribution in [2.24, 2.45) is 5.92 Å². The summed E-state index contributed by atoms with van der Waals surface area (Å²) in [5.41, 5.74) is 3.29. The molecule has 1 aliphatic heterocycles. The van der Waals surface area contributed by atoms with Gasteiger partial charge in [-0.05, 0) is 70.7 Å². The summed E-state index contributed by atoms with van der Waals surface area (Å²) in [5, 5.41) is 4.67. The molecule has 0 unspecified atom stereocenters. The summed E-state index contributed by atoms with van der Waals surface area (Å²) in [7, 11) is 1.57. The number of aromatic nitrogens is 1. The number of carbonyl (C=O) groups excluding carboxylic acids is 2. The number of nitrogens with zero attached hydrogens (tertiary/aromatic N) is 2. The number of alkyl halides is 1. The fraction of sp³-hybridized carbons (Fsp3) is 0.455. The zero-order chi connectivity index (χ0) is 29.8. The first-order valence-corrected chi connectivity index (χ1v) is 14.6. The highest BCUT2D eigenvalue weighted by Gasteiger charge is 2.33. The smallest absolute Gasteiger partial charge is 0.407 e. The lowest BCUT2D eigenvalue weighted by Gasteiger charge is -2.35. The number of likely N-dealkylation sites (tertiary alicyclic amines) is 1. The highest BCUT2D eigenvalue weighted by Crippen LogP contribution is 2.42. The van der Waals surface area contributed by atoms with Crippen molar-refractivity contribution >= 4 is 33.9 Å². The number of ether oxygens (including phenoxy) is 2. The second kappa shape index (κ2) is 10.7. The molecule has 222 valence electrons. The Balaban J connectivity index is 1.32. The first-order chi connectivity index (χ1) is 20.0. The van der Waals surface area contributed by atoms with E-state index in [4.69, 9.17) is 13.9 Å². The molecular formula is C33H38FN3O5. The minimum absolute atomic E-state index is 0.0601. The first-order valence-electron chi connectivity index (χ1n) is 14.6. The van der Waals surface area contributed by atoms with Crippen LogP contribution in [0, 0.1) is 12.8 Å². The molecule has 2 aliphatic rings. The number of carbonyl (C=O) groups is 2. The lowest BCUT2D eigenvalue weighted by molar-refractivity contribution is 0.0394. The molecule has 1 saturated heterocycles. The summed E-state index contributed by atoms with van der Waals surface area (Å²) in [6, 6.07) is 13.3. The van der Waals surface area contributed by atoms with Crippen LogP contribution in [0.3, 0.4) is 0 Å². The molecule has 2 amide bonds. The number of fused-ring (bicyclic) bond motifs is 2. The first kappa shape index (κ1) is 28.1. The number of nitrogens with one attached hydrogen (secondary N) is 1. The number of benzene rings is 2. The van der Waals surface area contributed by atoms with E-state index >= 15 is 0 Å². The highest BCUT2D eigenvalue weighted by atomic mass is 19.1. The normalized spacial score (nSPS) is 19.3. The average Bonchev–Trinajstić information content (AvgIpc) is 3.59. The minimum Gasteiger partial charge on any atom is -0.496 e. The Morgan fingerprint density at radius 3 is 2.60 bits per heavy atom. The van der Waals surface area contributed by atoms with Gasteiger partial charge in [-0.2, -0.15) is 0 Å². The van der Waals surface area contributed by atoms with Crippen LogP contribution in [0.15, 0.2) is 46.9 Å². The van der Waals surface area contributed by atoms with Gasteiger partial charge in [0.25, 0.3) is 5.91 Å². The Morgan fingerprint density at radius 2 is 1.88 bits per heavy atom. The molecule has 42 heavy (non-hydrogen) atoms. The number of hydrogen-bond acceptors (Lipinski definition) is 5. The fourth-order valence-corrected chi connectivity index (χ4v) is 5.99. The van der Waals surface area contributed by atoms with Gasteiger partial charge >= 0.3 is 6.09 Å². The van der Waals surface area contributed by atoms with E-state index in [9.17, 15) is 14.0 Å². The third kappa shape index (κ3) is 5.56. The van der Waals surface area contributed by atoms with Crippen molar-refractivity contribution in [2.75, 3.05) is 20.2 Å². The molecule has 4 aromatic rings. The van der Waals surface area contributed by atoms with Crippen LogP contribution in [-0.2, 0) is 11.3 Å². The second-order valence-corrected chi connectivity index (χ2v) is 12.6. The van der Waals surface area contributed by atoms with Crippen molar-refractivity contribution < 1.29 is 27.9 Å². The molecule has 2 aromatic carbocycles. The van der Waals surface area contributed by atoms with E-state index in [0.717, 1.165) is 34.3 Å². The Labute approximate surface area is 244 Å². The van der Waals surface area contributed by atoms with Gasteiger partial charge < -0.3 is 28.7 Å². The van der Waals surface area contributed by atoms with Crippen molar-refractivity contribution in [2.45, 2.75) is 71.3 Å². The SMILES string of the molecule is COc1cc(C(=O)N2C[C@H](F)C[C@@H](NC(=O)OC(C)(C)C)C2)cc2oc(-c3cc4ccccc4n3CC3CC3)c(C)c12. The number of furan rings is 1.